The Morgan fingerprint density at radius 3 is 2.39 bits per heavy atom. The van der Waals surface area contributed by atoms with Crippen molar-refractivity contribution >= 4 is 15.9 Å². The number of hydrogen-bond donors (Lipinski definition) is 1. The van der Waals surface area contributed by atoms with Gasteiger partial charge in [-0.1, -0.05) is 48.0 Å². The molecule has 0 unspecified atom stereocenters. The highest BCUT2D eigenvalue weighted by atomic mass is 32.2. The second-order valence-electron chi connectivity index (χ2n) is 7.16. The maximum Gasteiger partial charge on any atom is 0.244 e. The van der Waals surface area contributed by atoms with Gasteiger partial charge in [0.15, 0.2) is 0 Å². The quantitative estimate of drug-likeness (QED) is 0.803. The fourth-order valence-electron chi connectivity index (χ4n) is 3.41. The summed E-state index contributed by atoms with van der Waals surface area (Å²) in [4.78, 5) is 14.8. The summed E-state index contributed by atoms with van der Waals surface area (Å²) in [6, 6.07) is 14.7. The zero-order chi connectivity index (χ0) is 20.1. The molecular formula is C21H27N3O3S. The van der Waals surface area contributed by atoms with Crippen LogP contribution in [-0.4, -0.2) is 56.3 Å². The van der Waals surface area contributed by atoms with Crippen LogP contribution in [0.15, 0.2) is 53.4 Å². The molecule has 2 aromatic rings. The molecule has 1 aliphatic heterocycles. The van der Waals surface area contributed by atoms with Gasteiger partial charge in [-0.3, -0.25) is 4.79 Å². The lowest BCUT2D eigenvalue weighted by Crippen LogP contribution is -2.50. The Morgan fingerprint density at radius 2 is 1.75 bits per heavy atom. The van der Waals surface area contributed by atoms with Crippen molar-refractivity contribution in [1.82, 2.24) is 14.5 Å². The minimum absolute atomic E-state index is 0.161. The van der Waals surface area contributed by atoms with E-state index in [1.807, 2.05) is 43.3 Å². The summed E-state index contributed by atoms with van der Waals surface area (Å²) < 4.78 is 28.2. The van der Waals surface area contributed by atoms with Gasteiger partial charge in [0.1, 0.15) is 0 Å². The first kappa shape index (κ1) is 20.5. The molecule has 1 amide bonds. The molecule has 0 aromatic heterocycles. The molecular weight excluding hydrogens is 374 g/mol. The van der Waals surface area contributed by atoms with E-state index in [2.05, 4.69) is 5.32 Å². The molecule has 7 heteroatoms. The van der Waals surface area contributed by atoms with Gasteiger partial charge in [0.25, 0.3) is 0 Å². The molecule has 150 valence electrons. The van der Waals surface area contributed by atoms with Gasteiger partial charge in [-0.25, -0.2) is 8.42 Å². The molecule has 6 nitrogen and oxygen atoms in total. The van der Waals surface area contributed by atoms with Crippen LogP contribution in [0.5, 0.6) is 0 Å². The number of amides is 1. The van der Waals surface area contributed by atoms with E-state index in [0.717, 1.165) is 24.2 Å². The Hall–Kier alpha value is -2.22. The lowest BCUT2D eigenvalue weighted by molar-refractivity contribution is -0.132. The highest BCUT2D eigenvalue weighted by Crippen LogP contribution is 2.23. The zero-order valence-electron chi connectivity index (χ0n) is 16.4. The van der Waals surface area contributed by atoms with Crippen molar-refractivity contribution in [2.24, 2.45) is 0 Å². The van der Waals surface area contributed by atoms with Crippen molar-refractivity contribution in [2.75, 3.05) is 32.7 Å². The standard InChI is InChI=1S/C21H27N3O3S/c1-17-8-9-20(18(2)14-17)28(26,27)24(15-19-6-4-3-5-7-19)16-21(25)23-12-10-22-11-13-23/h3-9,14,22H,10-13,15-16H2,1-2H3. The molecule has 1 heterocycles. The number of piperazine rings is 1. The molecule has 1 N–H and O–H groups in total. The lowest BCUT2D eigenvalue weighted by Gasteiger charge is -2.30. The Balaban J connectivity index is 1.91. The molecule has 0 bridgehead atoms. The number of rotatable bonds is 6. The fourth-order valence-corrected chi connectivity index (χ4v) is 4.99. The third kappa shape index (κ3) is 4.79. The van der Waals surface area contributed by atoms with E-state index in [9.17, 15) is 13.2 Å². The van der Waals surface area contributed by atoms with E-state index in [1.165, 1.54) is 4.31 Å². The molecule has 0 saturated carbocycles. The molecule has 28 heavy (non-hydrogen) atoms. The molecule has 1 saturated heterocycles. The number of aryl methyl sites for hydroxylation is 2. The summed E-state index contributed by atoms with van der Waals surface area (Å²) in [6.07, 6.45) is 0. The predicted molar refractivity (Wildman–Crippen MR) is 109 cm³/mol. The summed E-state index contributed by atoms with van der Waals surface area (Å²) in [5.74, 6) is -0.161. The van der Waals surface area contributed by atoms with Gasteiger partial charge in [0, 0.05) is 32.7 Å². The second-order valence-corrected chi connectivity index (χ2v) is 9.06. The van der Waals surface area contributed by atoms with Gasteiger partial charge in [-0.2, -0.15) is 4.31 Å². The number of hydrogen-bond acceptors (Lipinski definition) is 4. The summed E-state index contributed by atoms with van der Waals surface area (Å²) in [7, 11) is -3.81. The van der Waals surface area contributed by atoms with Crippen LogP contribution in [0.25, 0.3) is 0 Å². The van der Waals surface area contributed by atoms with Gasteiger partial charge in [0.2, 0.25) is 15.9 Å². The SMILES string of the molecule is Cc1ccc(S(=O)(=O)N(CC(=O)N2CCNCC2)Cc2ccccc2)c(C)c1. The van der Waals surface area contributed by atoms with Gasteiger partial charge in [-0.15, -0.1) is 0 Å². The maximum absolute atomic E-state index is 13.4. The Bertz CT molecular complexity index is 923. The largest absolute Gasteiger partial charge is 0.339 e. The first-order valence-corrected chi connectivity index (χ1v) is 10.9. The van der Waals surface area contributed by atoms with Gasteiger partial charge in [0.05, 0.1) is 11.4 Å². The minimum atomic E-state index is -3.81. The number of benzene rings is 2. The number of carbonyl (C=O) groups is 1. The Labute approximate surface area is 167 Å². The number of sulfonamides is 1. The topological polar surface area (TPSA) is 69.7 Å². The average molecular weight is 402 g/mol. The van der Waals surface area contributed by atoms with Crippen LogP contribution in [0.4, 0.5) is 0 Å². The average Bonchev–Trinajstić information content (AvgIpc) is 2.68. The third-order valence-corrected chi connectivity index (χ3v) is 6.88. The van der Waals surface area contributed by atoms with E-state index in [4.69, 9.17) is 0 Å². The van der Waals surface area contributed by atoms with E-state index in [0.29, 0.717) is 18.7 Å². The van der Waals surface area contributed by atoms with Crippen LogP contribution >= 0.6 is 0 Å². The zero-order valence-corrected chi connectivity index (χ0v) is 17.2. The van der Waals surface area contributed by atoms with Crippen LogP contribution < -0.4 is 5.32 Å². The molecule has 3 rings (SSSR count). The summed E-state index contributed by atoms with van der Waals surface area (Å²) in [6.45, 7) is 6.38. The van der Waals surface area contributed by atoms with Crippen molar-refractivity contribution in [1.29, 1.82) is 0 Å². The van der Waals surface area contributed by atoms with E-state index in [-0.39, 0.29) is 23.9 Å². The van der Waals surface area contributed by atoms with Crippen molar-refractivity contribution < 1.29 is 13.2 Å². The van der Waals surface area contributed by atoms with Crippen molar-refractivity contribution in [3.63, 3.8) is 0 Å². The maximum atomic E-state index is 13.4. The third-order valence-electron chi connectivity index (χ3n) is 4.93. The van der Waals surface area contributed by atoms with Crippen LogP contribution in [0.3, 0.4) is 0 Å². The second kappa shape index (κ2) is 8.86. The highest BCUT2D eigenvalue weighted by molar-refractivity contribution is 7.89. The van der Waals surface area contributed by atoms with Crippen LogP contribution in [0.2, 0.25) is 0 Å². The van der Waals surface area contributed by atoms with Crippen molar-refractivity contribution in [3.05, 3.63) is 65.2 Å². The normalized spacial score (nSPS) is 15.0. The minimum Gasteiger partial charge on any atom is -0.339 e. The first-order chi connectivity index (χ1) is 13.4. The van der Waals surface area contributed by atoms with Gasteiger partial charge in [-0.05, 0) is 31.0 Å². The van der Waals surface area contributed by atoms with Crippen LogP contribution in [0, 0.1) is 13.8 Å². The smallest absolute Gasteiger partial charge is 0.244 e. The fraction of sp³-hybridized carbons (Fsp3) is 0.381. The summed E-state index contributed by atoms with van der Waals surface area (Å²) >= 11 is 0. The van der Waals surface area contributed by atoms with E-state index < -0.39 is 10.0 Å². The highest BCUT2D eigenvalue weighted by Gasteiger charge is 2.30. The number of nitrogens with one attached hydrogen (secondary N) is 1. The summed E-state index contributed by atoms with van der Waals surface area (Å²) in [5, 5.41) is 3.21. The Morgan fingerprint density at radius 1 is 1.07 bits per heavy atom. The molecule has 1 fully saturated rings. The number of carbonyl (C=O) groups excluding carboxylic acids is 1. The van der Waals surface area contributed by atoms with Crippen LogP contribution in [-0.2, 0) is 21.4 Å². The van der Waals surface area contributed by atoms with Crippen molar-refractivity contribution in [3.8, 4) is 0 Å². The molecule has 0 aliphatic carbocycles. The number of nitrogens with zero attached hydrogens (tertiary/aromatic N) is 2. The van der Waals surface area contributed by atoms with Crippen LogP contribution in [0.1, 0.15) is 16.7 Å². The molecule has 1 aliphatic rings. The molecule has 0 spiro atoms. The predicted octanol–water partition coefficient (Wildman–Crippen LogP) is 1.93. The monoisotopic (exact) mass is 401 g/mol. The van der Waals surface area contributed by atoms with Crippen molar-refractivity contribution in [2.45, 2.75) is 25.3 Å². The van der Waals surface area contributed by atoms with E-state index >= 15 is 0 Å². The molecule has 0 atom stereocenters. The Kier molecular flexibility index (Phi) is 6.49. The molecule has 2 aromatic carbocycles. The van der Waals surface area contributed by atoms with Gasteiger partial charge < -0.3 is 10.2 Å². The summed E-state index contributed by atoms with van der Waals surface area (Å²) in [5.41, 5.74) is 2.54. The molecule has 0 radical (unpaired) electrons. The first-order valence-electron chi connectivity index (χ1n) is 9.48. The van der Waals surface area contributed by atoms with Gasteiger partial charge >= 0.3 is 0 Å². The van der Waals surface area contributed by atoms with E-state index in [1.54, 1.807) is 24.0 Å². The lowest BCUT2D eigenvalue weighted by atomic mass is 10.2.